The smallest absolute Gasteiger partial charge is 0.220 e. The second-order valence-electron chi connectivity index (χ2n) is 12.7. The predicted molar refractivity (Wildman–Crippen MR) is 171 cm³/mol. The number of hydrogen-bond acceptors (Lipinski definition) is 14. The maximum Gasteiger partial charge on any atom is 0.220 e. The second kappa shape index (κ2) is 22.5. The van der Waals surface area contributed by atoms with Gasteiger partial charge in [-0.05, 0) is 51.9 Å². The maximum absolute atomic E-state index is 12.5. The van der Waals surface area contributed by atoms with E-state index in [9.17, 15) is 49.8 Å². The zero-order chi connectivity index (χ0) is 36.5. The Morgan fingerprint density at radius 1 is 0.714 bits per heavy atom. The van der Waals surface area contributed by atoms with Crippen molar-refractivity contribution in [3.05, 3.63) is 0 Å². The van der Waals surface area contributed by atoms with Crippen LogP contribution in [0.4, 0.5) is 0 Å². The molecule has 0 aliphatic carbocycles. The van der Waals surface area contributed by atoms with Crippen LogP contribution in [0.15, 0.2) is 0 Å². The van der Waals surface area contributed by atoms with Gasteiger partial charge in [-0.1, -0.05) is 6.92 Å². The Labute approximate surface area is 287 Å². The molecular formula is C32H57N3O14. The fraction of sp³-hybridized carbons (Fsp3) is 0.875. The Balaban J connectivity index is 1.57. The third kappa shape index (κ3) is 14.4. The molecule has 2 fully saturated rings. The van der Waals surface area contributed by atoms with Gasteiger partial charge in [0.2, 0.25) is 17.7 Å². The molecule has 10 unspecified atom stereocenters. The number of unbranched alkanes of at least 4 members (excludes halogenated alkanes) is 3. The molecule has 0 aromatic rings. The summed E-state index contributed by atoms with van der Waals surface area (Å²) in [6.45, 7) is 4.16. The summed E-state index contributed by atoms with van der Waals surface area (Å²) in [4.78, 5) is 48.3. The average Bonchev–Trinajstić information content (AvgIpc) is 3.06. The van der Waals surface area contributed by atoms with Crippen LogP contribution >= 0.6 is 0 Å². The van der Waals surface area contributed by atoms with E-state index in [2.05, 4.69) is 16.0 Å². The normalized spacial score (nSPS) is 30.7. The lowest BCUT2D eigenvalue weighted by Gasteiger charge is -2.42. The van der Waals surface area contributed by atoms with Crippen LogP contribution in [0, 0.1) is 5.92 Å². The zero-order valence-electron chi connectivity index (χ0n) is 28.7. The summed E-state index contributed by atoms with van der Waals surface area (Å²) in [5, 5.41) is 67.2. The summed E-state index contributed by atoms with van der Waals surface area (Å²) in [5.74, 6) is -1.53. The Morgan fingerprint density at radius 3 is 1.84 bits per heavy atom. The molecule has 0 bridgehead atoms. The van der Waals surface area contributed by atoms with Crippen molar-refractivity contribution >= 4 is 23.5 Å². The molecule has 2 rings (SSSR count). The molecular weight excluding hydrogens is 650 g/mol. The summed E-state index contributed by atoms with van der Waals surface area (Å²) in [6, 6.07) is -1.69. The van der Waals surface area contributed by atoms with E-state index in [1.54, 1.807) is 6.92 Å². The third-order valence-electron chi connectivity index (χ3n) is 8.67. The quantitative estimate of drug-likeness (QED) is 0.0538. The first-order valence-electron chi connectivity index (χ1n) is 17.1. The Kier molecular flexibility index (Phi) is 19.7. The van der Waals surface area contributed by atoms with Crippen molar-refractivity contribution in [1.29, 1.82) is 0 Å². The molecule has 0 aromatic carbocycles. The van der Waals surface area contributed by atoms with E-state index in [0.717, 1.165) is 0 Å². The standard InChI is InChI=1S/C32H57N3O14/c1-18-27(42)28(43)22(16-36)48-31(18)46-14-8-5-11-24(40)33-13-7-4-10-21(19(2)38)35-25(41)12-6-9-15-47-32-26(34-20(3)39)30(45)29(44)23(17-37)49-32/h18,21-23,26-32,36-37,42-45H,4-17H2,1-3H3,(H,33,40)(H,34,39)(H,35,41)/t18?,21-,22?,23?,26?,27?,28?,29?,30?,31?,32?/m1/s1. The van der Waals surface area contributed by atoms with Crippen molar-refractivity contribution in [2.75, 3.05) is 33.0 Å². The summed E-state index contributed by atoms with van der Waals surface area (Å²) in [7, 11) is 0. The van der Waals surface area contributed by atoms with Crippen molar-refractivity contribution in [2.24, 2.45) is 5.92 Å². The number of nitrogens with one attached hydrogen (secondary N) is 3. The lowest BCUT2D eigenvalue weighted by Crippen LogP contribution is -2.64. The van der Waals surface area contributed by atoms with Gasteiger partial charge in [-0.3, -0.25) is 19.2 Å². The van der Waals surface area contributed by atoms with Gasteiger partial charge in [0.05, 0.1) is 25.4 Å². The largest absolute Gasteiger partial charge is 0.394 e. The van der Waals surface area contributed by atoms with E-state index in [1.165, 1.54) is 13.8 Å². The first-order valence-corrected chi connectivity index (χ1v) is 17.1. The summed E-state index contributed by atoms with van der Waals surface area (Å²) in [5.41, 5.74) is 0. The van der Waals surface area contributed by atoms with Crippen molar-refractivity contribution in [3.63, 3.8) is 0 Å². The maximum atomic E-state index is 12.5. The minimum Gasteiger partial charge on any atom is -0.394 e. The molecule has 9 N–H and O–H groups in total. The summed E-state index contributed by atoms with van der Waals surface area (Å²) in [6.07, 6.45) is -4.91. The second-order valence-corrected chi connectivity index (χ2v) is 12.7. The molecule has 3 amide bonds. The molecule has 11 atom stereocenters. The molecule has 0 saturated carbocycles. The summed E-state index contributed by atoms with van der Waals surface area (Å²) >= 11 is 0. The van der Waals surface area contributed by atoms with E-state index in [0.29, 0.717) is 57.9 Å². The van der Waals surface area contributed by atoms with Crippen LogP contribution in [0.5, 0.6) is 0 Å². The highest BCUT2D eigenvalue weighted by atomic mass is 16.7. The predicted octanol–water partition coefficient (Wildman–Crippen LogP) is -2.26. The first kappa shape index (κ1) is 42.8. The first-order chi connectivity index (χ1) is 23.3. The molecule has 0 aromatic heterocycles. The molecule has 284 valence electrons. The number of amides is 3. The van der Waals surface area contributed by atoms with Gasteiger partial charge in [0.1, 0.15) is 36.6 Å². The van der Waals surface area contributed by atoms with Crippen LogP contribution in [0.2, 0.25) is 0 Å². The number of aliphatic hydroxyl groups is 6. The number of ether oxygens (including phenoxy) is 4. The van der Waals surface area contributed by atoms with Crippen LogP contribution in [0.25, 0.3) is 0 Å². The third-order valence-corrected chi connectivity index (χ3v) is 8.67. The number of carbonyl (C=O) groups is 4. The van der Waals surface area contributed by atoms with E-state index in [1.807, 2.05) is 0 Å². The number of hydrogen-bond donors (Lipinski definition) is 9. The molecule has 2 aliphatic rings. The van der Waals surface area contributed by atoms with Gasteiger partial charge in [0.25, 0.3) is 0 Å². The lowest BCUT2D eigenvalue weighted by atomic mass is 9.92. The zero-order valence-corrected chi connectivity index (χ0v) is 28.7. The van der Waals surface area contributed by atoms with Crippen LogP contribution in [-0.2, 0) is 38.1 Å². The van der Waals surface area contributed by atoms with Gasteiger partial charge in [0, 0.05) is 45.4 Å². The minimum atomic E-state index is -1.41. The topological polar surface area (TPSA) is 263 Å². The molecule has 0 spiro atoms. The molecule has 17 heteroatoms. The average molecular weight is 708 g/mol. The van der Waals surface area contributed by atoms with Crippen LogP contribution < -0.4 is 16.0 Å². The highest BCUT2D eigenvalue weighted by Crippen LogP contribution is 2.27. The summed E-state index contributed by atoms with van der Waals surface area (Å²) < 4.78 is 22.3. The Hall–Kier alpha value is -2.32. The molecule has 49 heavy (non-hydrogen) atoms. The molecule has 2 aliphatic heterocycles. The fourth-order valence-corrected chi connectivity index (χ4v) is 5.63. The van der Waals surface area contributed by atoms with Gasteiger partial charge in [-0.15, -0.1) is 0 Å². The van der Waals surface area contributed by atoms with Crippen molar-refractivity contribution in [1.82, 2.24) is 16.0 Å². The van der Waals surface area contributed by atoms with Crippen LogP contribution in [0.1, 0.15) is 78.6 Å². The van der Waals surface area contributed by atoms with Crippen LogP contribution in [-0.4, -0.2) is 148 Å². The lowest BCUT2D eigenvalue weighted by molar-refractivity contribution is -0.282. The van der Waals surface area contributed by atoms with Crippen molar-refractivity contribution in [3.8, 4) is 0 Å². The van der Waals surface area contributed by atoms with Gasteiger partial charge in [-0.2, -0.15) is 0 Å². The van der Waals surface area contributed by atoms with E-state index < -0.39 is 86.3 Å². The molecule has 2 heterocycles. The Bertz CT molecular complexity index is 1020. The number of aliphatic hydroxyl groups excluding tert-OH is 6. The minimum absolute atomic E-state index is 0.113. The monoisotopic (exact) mass is 707 g/mol. The van der Waals surface area contributed by atoms with E-state index in [4.69, 9.17) is 18.9 Å². The van der Waals surface area contributed by atoms with Gasteiger partial charge in [-0.25, -0.2) is 0 Å². The van der Waals surface area contributed by atoms with E-state index in [-0.39, 0.29) is 37.2 Å². The highest BCUT2D eigenvalue weighted by Gasteiger charge is 2.45. The SMILES string of the molecule is CC(=O)NC1C(OCCCCC(=O)N[C@H](CCCCNC(=O)CCCCOC2OC(CO)C(O)C(O)C2C)C(C)=O)OC(CO)C(O)C1O. The Morgan fingerprint density at radius 2 is 1.27 bits per heavy atom. The van der Waals surface area contributed by atoms with Crippen molar-refractivity contribution in [2.45, 2.75) is 140 Å². The van der Waals surface area contributed by atoms with E-state index >= 15 is 0 Å². The van der Waals surface area contributed by atoms with Crippen LogP contribution in [0.3, 0.4) is 0 Å². The van der Waals surface area contributed by atoms with Gasteiger partial charge in [0.15, 0.2) is 18.4 Å². The number of ketones is 1. The fourth-order valence-electron chi connectivity index (χ4n) is 5.63. The van der Waals surface area contributed by atoms with Crippen molar-refractivity contribution < 1.29 is 68.8 Å². The molecule has 17 nitrogen and oxygen atoms in total. The number of rotatable bonds is 22. The highest BCUT2D eigenvalue weighted by molar-refractivity contribution is 5.87. The molecule has 2 saturated heterocycles. The number of Topliss-reactive ketones (excluding diaryl/α,β-unsaturated/α-hetero) is 1. The van der Waals surface area contributed by atoms with Gasteiger partial charge < -0.3 is 65.5 Å². The van der Waals surface area contributed by atoms with Gasteiger partial charge >= 0.3 is 0 Å². The molecule has 0 radical (unpaired) electrons. The number of carbonyl (C=O) groups excluding carboxylic acids is 4.